The van der Waals surface area contributed by atoms with E-state index in [1.807, 2.05) is 31.2 Å². The molecule has 2 aromatic carbocycles. The molecule has 4 nitrogen and oxygen atoms in total. The highest BCUT2D eigenvalue weighted by Gasteiger charge is 2.20. The van der Waals surface area contributed by atoms with Crippen LogP contribution in [0.5, 0.6) is 11.5 Å². The molecule has 0 saturated carbocycles. The van der Waals surface area contributed by atoms with Crippen LogP contribution in [0.15, 0.2) is 48.5 Å². The lowest BCUT2D eigenvalue weighted by Gasteiger charge is -2.14. The molecule has 0 heterocycles. The summed E-state index contributed by atoms with van der Waals surface area (Å²) in [4.78, 5) is 11.7. The van der Waals surface area contributed by atoms with E-state index in [1.54, 1.807) is 31.4 Å². The van der Waals surface area contributed by atoms with E-state index in [-0.39, 0.29) is 0 Å². The minimum atomic E-state index is -0.838. The molecule has 1 N–H and O–H groups in total. The normalized spacial score (nSPS) is 11.7. The number of methoxy groups -OCH3 is 1. The summed E-state index contributed by atoms with van der Waals surface area (Å²) < 4.78 is 10.7. The predicted octanol–water partition coefficient (Wildman–Crippen LogP) is 3.89. The van der Waals surface area contributed by atoms with Gasteiger partial charge in [-0.3, -0.25) is 4.79 Å². The molecule has 0 aliphatic carbocycles. The van der Waals surface area contributed by atoms with Crippen molar-refractivity contribution in [3.63, 3.8) is 0 Å². The van der Waals surface area contributed by atoms with Crippen molar-refractivity contribution in [3.8, 4) is 11.5 Å². The Morgan fingerprint density at radius 1 is 1.13 bits per heavy atom. The van der Waals surface area contributed by atoms with Gasteiger partial charge in [0.25, 0.3) is 0 Å². The summed E-state index contributed by atoms with van der Waals surface area (Å²) >= 11 is 0. The van der Waals surface area contributed by atoms with Gasteiger partial charge in [0.15, 0.2) is 0 Å². The van der Waals surface area contributed by atoms with Gasteiger partial charge >= 0.3 is 5.97 Å². The highest BCUT2D eigenvalue weighted by Crippen LogP contribution is 2.25. The molecule has 23 heavy (non-hydrogen) atoms. The van der Waals surface area contributed by atoms with Crippen molar-refractivity contribution in [3.05, 3.63) is 59.7 Å². The van der Waals surface area contributed by atoms with Gasteiger partial charge in [0.2, 0.25) is 0 Å². The third-order valence-corrected chi connectivity index (χ3v) is 3.63. The summed E-state index contributed by atoms with van der Waals surface area (Å²) in [5.41, 5.74) is 1.71. The third-order valence-electron chi connectivity index (χ3n) is 3.63. The Bertz CT molecular complexity index is 634. The molecule has 0 spiro atoms. The average Bonchev–Trinajstić information content (AvgIpc) is 2.58. The second-order valence-corrected chi connectivity index (χ2v) is 5.36. The molecular formula is C19H22O4. The molecule has 4 heteroatoms. The Hall–Kier alpha value is -2.49. The van der Waals surface area contributed by atoms with Crippen LogP contribution in [-0.4, -0.2) is 24.8 Å². The molecule has 2 aromatic rings. The molecule has 0 saturated heterocycles. The standard InChI is InChI=1S/C19H22O4/c1-3-11-23-17-6-4-5-14(12-17)13-18(19(20)21)15-7-9-16(22-2)10-8-15/h4-10,12,18H,3,11,13H2,1-2H3,(H,20,21). The Morgan fingerprint density at radius 3 is 2.48 bits per heavy atom. The van der Waals surface area contributed by atoms with Gasteiger partial charge in [0, 0.05) is 0 Å². The number of aliphatic carboxylic acids is 1. The molecule has 2 rings (SSSR count). The van der Waals surface area contributed by atoms with Crippen molar-refractivity contribution in [2.45, 2.75) is 25.7 Å². The van der Waals surface area contributed by atoms with Crippen LogP contribution in [-0.2, 0) is 11.2 Å². The summed E-state index contributed by atoms with van der Waals surface area (Å²) in [6, 6.07) is 14.8. The van der Waals surface area contributed by atoms with Crippen LogP contribution in [0.1, 0.15) is 30.4 Å². The molecule has 0 aliphatic rings. The second-order valence-electron chi connectivity index (χ2n) is 5.36. The van der Waals surface area contributed by atoms with E-state index < -0.39 is 11.9 Å². The smallest absolute Gasteiger partial charge is 0.311 e. The lowest BCUT2D eigenvalue weighted by Crippen LogP contribution is -2.14. The summed E-state index contributed by atoms with van der Waals surface area (Å²) in [5.74, 6) is 0.0634. The van der Waals surface area contributed by atoms with Gasteiger partial charge in [-0.05, 0) is 48.2 Å². The molecule has 1 unspecified atom stereocenters. The fraction of sp³-hybridized carbons (Fsp3) is 0.316. The fourth-order valence-electron chi connectivity index (χ4n) is 2.40. The lowest BCUT2D eigenvalue weighted by atomic mass is 9.92. The number of benzene rings is 2. The van der Waals surface area contributed by atoms with E-state index in [1.165, 1.54) is 0 Å². The predicted molar refractivity (Wildman–Crippen MR) is 89.3 cm³/mol. The molecule has 0 radical (unpaired) electrons. The average molecular weight is 314 g/mol. The number of ether oxygens (including phenoxy) is 2. The fourth-order valence-corrected chi connectivity index (χ4v) is 2.40. The minimum absolute atomic E-state index is 0.422. The lowest BCUT2D eigenvalue weighted by molar-refractivity contribution is -0.138. The van der Waals surface area contributed by atoms with E-state index in [2.05, 4.69) is 0 Å². The van der Waals surface area contributed by atoms with Crippen LogP contribution in [0.25, 0.3) is 0 Å². The molecule has 1 atom stereocenters. The molecule has 122 valence electrons. The largest absolute Gasteiger partial charge is 0.497 e. The molecular weight excluding hydrogens is 292 g/mol. The van der Waals surface area contributed by atoms with Crippen LogP contribution < -0.4 is 9.47 Å². The van der Waals surface area contributed by atoms with Crippen molar-refractivity contribution in [2.24, 2.45) is 0 Å². The van der Waals surface area contributed by atoms with Gasteiger partial charge in [-0.1, -0.05) is 31.2 Å². The van der Waals surface area contributed by atoms with E-state index in [9.17, 15) is 9.90 Å². The Labute approximate surface area is 136 Å². The topological polar surface area (TPSA) is 55.8 Å². The van der Waals surface area contributed by atoms with Gasteiger partial charge in [0.05, 0.1) is 19.6 Å². The summed E-state index contributed by atoms with van der Waals surface area (Å²) in [6.45, 7) is 2.71. The number of carbonyl (C=O) groups is 1. The van der Waals surface area contributed by atoms with Gasteiger partial charge < -0.3 is 14.6 Å². The van der Waals surface area contributed by atoms with Crippen LogP contribution in [0, 0.1) is 0 Å². The van der Waals surface area contributed by atoms with Gasteiger partial charge in [-0.15, -0.1) is 0 Å². The van der Waals surface area contributed by atoms with Crippen LogP contribution in [0.3, 0.4) is 0 Å². The van der Waals surface area contributed by atoms with Gasteiger partial charge in [-0.25, -0.2) is 0 Å². The molecule has 0 fully saturated rings. The number of hydrogen-bond donors (Lipinski definition) is 1. The van der Waals surface area contributed by atoms with Crippen molar-refractivity contribution in [1.82, 2.24) is 0 Å². The van der Waals surface area contributed by atoms with E-state index in [4.69, 9.17) is 9.47 Å². The zero-order chi connectivity index (χ0) is 16.7. The highest BCUT2D eigenvalue weighted by molar-refractivity contribution is 5.76. The maximum Gasteiger partial charge on any atom is 0.311 e. The highest BCUT2D eigenvalue weighted by atomic mass is 16.5. The first-order valence-electron chi connectivity index (χ1n) is 7.72. The zero-order valence-corrected chi connectivity index (χ0v) is 13.5. The van der Waals surface area contributed by atoms with E-state index in [0.717, 1.165) is 23.3 Å². The third kappa shape index (κ3) is 4.74. The number of carboxylic acid groups (broad SMARTS) is 1. The number of rotatable bonds is 8. The van der Waals surface area contributed by atoms with Crippen molar-refractivity contribution in [2.75, 3.05) is 13.7 Å². The maximum atomic E-state index is 11.7. The van der Waals surface area contributed by atoms with Gasteiger partial charge in [-0.2, -0.15) is 0 Å². The van der Waals surface area contributed by atoms with E-state index in [0.29, 0.717) is 18.8 Å². The Kier molecular flexibility index (Phi) is 6.03. The molecule has 0 amide bonds. The first-order valence-corrected chi connectivity index (χ1v) is 7.72. The minimum Gasteiger partial charge on any atom is -0.497 e. The first kappa shape index (κ1) is 16.9. The van der Waals surface area contributed by atoms with Crippen LogP contribution in [0.4, 0.5) is 0 Å². The number of carboxylic acids is 1. The first-order chi connectivity index (χ1) is 11.1. The summed E-state index contributed by atoms with van der Waals surface area (Å²) in [5, 5.41) is 9.56. The van der Waals surface area contributed by atoms with E-state index >= 15 is 0 Å². The number of hydrogen-bond acceptors (Lipinski definition) is 3. The summed E-state index contributed by atoms with van der Waals surface area (Å²) in [7, 11) is 1.59. The quantitative estimate of drug-likeness (QED) is 0.803. The SMILES string of the molecule is CCCOc1cccc(CC(C(=O)O)c2ccc(OC)cc2)c1. The zero-order valence-electron chi connectivity index (χ0n) is 13.5. The molecule has 0 aliphatic heterocycles. The maximum absolute atomic E-state index is 11.7. The van der Waals surface area contributed by atoms with Crippen LogP contribution >= 0.6 is 0 Å². The van der Waals surface area contributed by atoms with Crippen LogP contribution in [0.2, 0.25) is 0 Å². The monoisotopic (exact) mass is 314 g/mol. The van der Waals surface area contributed by atoms with Crippen molar-refractivity contribution in [1.29, 1.82) is 0 Å². The molecule has 0 bridgehead atoms. The van der Waals surface area contributed by atoms with Gasteiger partial charge in [0.1, 0.15) is 11.5 Å². The Balaban J connectivity index is 2.17. The van der Waals surface area contributed by atoms with Crippen molar-refractivity contribution < 1.29 is 19.4 Å². The molecule has 0 aromatic heterocycles. The van der Waals surface area contributed by atoms with Crippen molar-refractivity contribution >= 4 is 5.97 Å². The summed E-state index contributed by atoms with van der Waals surface area (Å²) in [6.07, 6.45) is 1.36. The Morgan fingerprint density at radius 2 is 1.87 bits per heavy atom. The second kappa shape index (κ2) is 8.22.